The third-order valence-corrected chi connectivity index (χ3v) is 9.33. The van der Waals surface area contributed by atoms with Crippen molar-refractivity contribution in [2.45, 2.75) is 58.0 Å². The average molecular weight is 577 g/mol. The summed E-state index contributed by atoms with van der Waals surface area (Å²) in [5, 5.41) is 11.4. The predicted octanol–water partition coefficient (Wildman–Crippen LogP) is 5.69. The minimum Gasteiger partial charge on any atom is -0.619 e. The second kappa shape index (κ2) is 12.1. The Hall–Kier alpha value is -4.30. The predicted molar refractivity (Wildman–Crippen MR) is 169 cm³/mol. The van der Waals surface area contributed by atoms with Crippen LogP contribution in [0.15, 0.2) is 85.2 Å². The number of likely N-dealkylation sites (tertiary alicyclic amines) is 2. The van der Waals surface area contributed by atoms with Crippen LogP contribution in [0.25, 0.3) is 11.4 Å². The molecule has 0 saturated carbocycles. The number of pyridine rings is 1. The molecule has 0 bridgehead atoms. The number of anilines is 2. The lowest BCUT2D eigenvalue weighted by atomic mass is 9.85. The van der Waals surface area contributed by atoms with Gasteiger partial charge in [0.25, 0.3) is 5.91 Å². The van der Waals surface area contributed by atoms with E-state index in [2.05, 4.69) is 87.4 Å². The maximum atomic E-state index is 13.7. The van der Waals surface area contributed by atoms with Crippen molar-refractivity contribution in [3.8, 4) is 11.4 Å². The number of piperidine rings is 2. The number of hydrogen-bond donors (Lipinski definition) is 0. The summed E-state index contributed by atoms with van der Waals surface area (Å²) in [4.78, 5) is 30.1. The molecule has 2 fully saturated rings. The monoisotopic (exact) mass is 576 g/mol. The van der Waals surface area contributed by atoms with Gasteiger partial charge in [0.15, 0.2) is 18.2 Å². The molecule has 2 aliphatic rings. The molecule has 0 unspecified atom stereocenters. The van der Waals surface area contributed by atoms with Crippen LogP contribution in [0.2, 0.25) is 0 Å². The van der Waals surface area contributed by atoms with E-state index in [0.717, 1.165) is 62.2 Å². The van der Waals surface area contributed by atoms with Crippen LogP contribution in [0.4, 0.5) is 11.4 Å². The molecule has 2 saturated heterocycles. The number of nitrogens with zero attached hydrogens (tertiary/aromatic N) is 6. The SMILES string of the molecule is Cc1nc(-c2cc[n+]([O-])cc2)nc(C)c1C(=O)N1CCC(C)(N2CCC(N(c3ccccc3)c3ccccc3)CC2)CC1. The number of benzene rings is 2. The highest BCUT2D eigenvalue weighted by Gasteiger charge is 2.40. The first kappa shape index (κ1) is 28.8. The highest BCUT2D eigenvalue weighted by atomic mass is 16.5. The molecule has 8 heteroatoms. The van der Waals surface area contributed by atoms with Crippen LogP contribution in [0.3, 0.4) is 0 Å². The van der Waals surface area contributed by atoms with Crippen LogP contribution >= 0.6 is 0 Å². The molecule has 222 valence electrons. The molecule has 0 N–H and O–H groups in total. The summed E-state index contributed by atoms with van der Waals surface area (Å²) in [7, 11) is 0. The molecule has 4 aromatic rings. The molecule has 0 atom stereocenters. The van der Waals surface area contributed by atoms with Crippen LogP contribution in [0.1, 0.15) is 54.4 Å². The number of amides is 1. The van der Waals surface area contributed by atoms with Gasteiger partial charge in [-0.2, -0.15) is 4.73 Å². The Kier molecular flexibility index (Phi) is 8.13. The number of carbonyl (C=O) groups excluding carboxylic acids is 1. The van der Waals surface area contributed by atoms with Crippen LogP contribution in [0, 0.1) is 19.1 Å². The molecule has 0 radical (unpaired) electrons. The van der Waals surface area contributed by atoms with E-state index in [1.807, 2.05) is 18.7 Å². The highest BCUT2D eigenvalue weighted by Crippen LogP contribution is 2.36. The smallest absolute Gasteiger partial charge is 0.257 e. The van der Waals surface area contributed by atoms with Gasteiger partial charge >= 0.3 is 0 Å². The van der Waals surface area contributed by atoms with E-state index in [-0.39, 0.29) is 11.4 Å². The number of carbonyl (C=O) groups is 1. The molecule has 43 heavy (non-hydrogen) atoms. The lowest BCUT2D eigenvalue weighted by molar-refractivity contribution is -0.605. The molecular formula is C35H40N6O2. The maximum Gasteiger partial charge on any atom is 0.257 e. The Labute approximate surface area is 254 Å². The van der Waals surface area contributed by atoms with E-state index in [9.17, 15) is 10.0 Å². The zero-order valence-corrected chi connectivity index (χ0v) is 25.3. The number of aryl methyl sites for hydroxylation is 2. The minimum atomic E-state index is 0.00846. The van der Waals surface area contributed by atoms with Gasteiger partial charge in [-0.15, -0.1) is 0 Å². The van der Waals surface area contributed by atoms with Crippen LogP contribution in [-0.2, 0) is 0 Å². The molecule has 6 rings (SSSR count). The van der Waals surface area contributed by atoms with Crippen molar-refractivity contribution < 1.29 is 9.52 Å². The zero-order valence-electron chi connectivity index (χ0n) is 25.3. The summed E-state index contributed by atoms with van der Waals surface area (Å²) in [5.74, 6) is 0.536. The quantitative estimate of drug-likeness (QED) is 0.217. The van der Waals surface area contributed by atoms with Gasteiger partial charge in [0.05, 0.1) is 17.0 Å². The third-order valence-electron chi connectivity index (χ3n) is 9.33. The fraction of sp³-hybridized carbons (Fsp3) is 0.371. The standard InChI is InChI=1S/C35H40N6O2/c1-26-32(27(2)37-33(36-26)28-14-22-40(43)23-15-28)34(42)38-24-18-35(3,19-25-38)39-20-16-31(17-21-39)41(29-10-6-4-7-11-29)30-12-8-5-9-13-30/h4-15,22-23,31H,16-21,24-25H2,1-3H3. The first-order chi connectivity index (χ1) is 20.8. The van der Waals surface area contributed by atoms with Gasteiger partial charge in [0, 0.05) is 66.8 Å². The fourth-order valence-corrected chi connectivity index (χ4v) is 6.79. The van der Waals surface area contributed by atoms with E-state index in [4.69, 9.17) is 0 Å². The molecular weight excluding hydrogens is 536 g/mol. The number of para-hydroxylation sites is 2. The van der Waals surface area contributed by atoms with Crippen molar-refractivity contribution in [1.29, 1.82) is 0 Å². The topological polar surface area (TPSA) is 79.5 Å². The Bertz CT molecular complexity index is 1480. The van der Waals surface area contributed by atoms with Crippen molar-refractivity contribution in [1.82, 2.24) is 19.8 Å². The average Bonchev–Trinajstić information content (AvgIpc) is 3.03. The minimum absolute atomic E-state index is 0.00846. The van der Waals surface area contributed by atoms with E-state index >= 15 is 0 Å². The summed E-state index contributed by atoms with van der Waals surface area (Å²) in [6.45, 7) is 9.65. The molecule has 2 aromatic heterocycles. The molecule has 8 nitrogen and oxygen atoms in total. The number of hydrogen-bond acceptors (Lipinski definition) is 6. The van der Waals surface area contributed by atoms with Crippen molar-refractivity contribution >= 4 is 17.3 Å². The number of aromatic nitrogens is 3. The molecule has 2 aliphatic heterocycles. The van der Waals surface area contributed by atoms with Crippen molar-refractivity contribution in [3.63, 3.8) is 0 Å². The zero-order chi connectivity index (χ0) is 30.0. The largest absolute Gasteiger partial charge is 0.619 e. The van der Waals surface area contributed by atoms with Gasteiger partial charge in [-0.05, 0) is 70.7 Å². The van der Waals surface area contributed by atoms with E-state index in [0.29, 0.717) is 28.8 Å². The Morgan fingerprint density at radius 3 is 1.86 bits per heavy atom. The van der Waals surface area contributed by atoms with E-state index in [1.54, 1.807) is 12.1 Å². The van der Waals surface area contributed by atoms with Crippen molar-refractivity contribution in [2.24, 2.45) is 0 Å². The summed E-state index contributed by atoms with van der Waals surface area (Å²) in [5.41, 5.74) is 5.24. The van der Waals surface area contributed by atoms with Gasteiger partial charge in [-0.3, -0.25) is 9.69 Å². The molecule has 0 spiro atoms. The summed E-state index contributed by atoms with van der Waals surface area (Å²) >= 11 is 0. The molecule has 1 amide bonds. The lowest BCUT2D eigenvalue weighted by Gasteiger charge is -2.50. The van der Waals surface area contributed by atoms with Gasteiger partial charge < -0.3 is 15.0 Å². The number of rotatable bonds is 6. The summed E-state index contributed by atoms with van der Waals surface area (Å²) in [6.07, 6.45) is 6.94. The Balaban J connectivity index is 1.10. The second-order valence-corrected chi connectivity index (χ2v) is 12.1. The van der Waals surface area contributed by atoms with Crippen molar-refractivity contribution in [2.75, 3.05) is 31.1 Å². The van der Waals surface area contributed by atoms with Gasteiger partial charge in [-0.1, -0.05) is 36.4 Å². The van der Waals surface area contributed by atoms with Crippen molar-refractivity contribution in [3.05, 3.63) is 107 Å². The van der Waals surface area contributed by atoms with E-state index < -0.39 is 0 Å². The molecule has 2 aromatic carbocycles. The third kappa shape index (κ3) is 5.97. The second-order valence-electron chi connectivity index (χ2n) is 12.1. The van der Waals surface area contributed by atoms with Gasteiger partial charge in [0.2, 0.25) is 0 Å². The Morgan fingerprint density at radius 1 is 0.837 bits per heavy atom. The van der Waals surface area contributed by atoms with Gasteiger partial charge in [0.1, 0.15) is 0 Å². The Morgan fingerprint density at radius 2 is 1.35 bits per heavy atom. The normalized spacial score (nSPS) is 17.5. The maximum absolute atomic E-state index is 13.7. The first-order valence-electron chi connectivity index (χ1n) is 15.3. The summed E-state index contributed by atoms with van der Waals surface area (Å²) < 4.78 is 0.734. The van der Waals surface area contributed by atoms with E-state index in [1.165, 1.54) is 23.8 Å². The highest BCUT2D eigenvalue weighted by molar-refractivity contribution is 5.96. The van der Waals surface area contributed by atoms with Gasteiger partial charge in [-0.25, -0.2) is 9.97 Å². The molecule has 0 aliphatic carbocycles. The summed E-state index contributed by atoms with van der Waals surface area (Å²) in [6, 6.07) is 25.3. The van der Waals surface area contributed by atoms with Crippen LogP contribution in [-0.4, -0.2) is 63.4 Å². The van der Waals surface area contributed by atoms with Crippen LogP contribution in [0.5, 0.6) is 0 Å². The molecule has 4 heterocycles. The lowest BCUT2D eigenvalue weighted by Crippen LogP contribution is -2.58. The van der Waals surface area contributed by atoms with Crippen LogP contribution < -0.4 is 9.63 Å². The fourth-order valence-electron chi connectivity index (χ4n) is 6.79. The first-order valence-corrected chi connectivity index (χ1v) is 15.3.